The maximum absolute atomic E-state index is 11.2. The maximum atomic E-state index is 11.2. The van der Waals surface area contributed by atoms with Crippen LogP contribution in [0.25, 0.3) is 0 Å². The van der Waals surface area contributed by atoms with E-state index in [1.165, 1.54) is 13.2 Å². The summed E-state index contributed by atoms with van der Waals surface area (Å²) < 4.78 is 9.89. The van der Waals surface area contributed by atoms with Crippen LogP contribution in [0, 0.1) is 0 Å². The zero-order valence-corrected chi connectivity index (χ0v) is 9.55. The quantitative estimate of drug-likeness (QED) is 0.667. The molecular formula is C11H18O5. The Bertz CT molecular complexity index is 274. The predicted octanol–water partition coefficient (Wildman–Crippen LogP) is 0.354. The minimum absolute atomic E-state index is 0.296. The number of carbonyl (C=O) groups excluding carboxylic acids is 1. The van der Waals surface area contributed by atoms with E-state index in [1.807, 2.05) is 6.92 Å². The van der Waals surface area contributed by atoms with Crippen LogP contribution in [0.15, 0.2) is 11.8 Å². The summed E-state index contributed by atoms with van der Waals surface area (Å²) >= 11 is 0. The first-order valence-corrected chi connectivity index (χ1v) is 5.39. The fourth-order valence-electron chi connectivity index (χ4n) is 1.66. The molecule has 1 aliphatic heterocycles. The summed E-state index contributed by atoms with van der Waals surface area (Å²) in [5.74, 6) is -0.0835. The van der Waals surface area contributed by atoms with Crippen molar-refractivity contribution in [3.63, 3.8) is 0 Å². The number of hydrogen-bond acceptors (Lipinski definition) is 5. The second-order valence-electron chi connectivity index (χ2n) is 3.84. The molecule has 0 saturated carbocycles. The van der Waals surface area contributed by atoms with Gasteiger partial charge >= 0.3 is 5.97 Å². The molecule has 0 spiro atoms. The fourth-order valence-corrected chi connectivity index (χ4v) is 1.66. The summed E-state index contributed by atoms with van der Waals surface area (Å²) in [7, 11) is 1.45. The van der Waals surface area contributed by atoms with Gasteiger partial charge in [0.15, 0.2) is 0 Å². The highest BCUT2D eigenvalue weighted by Gasteiger charge is 2.32. The molecule has 1 aliphatic rings. The van der Waals surface area contributed by atoms with Crippen molar-refractivity contribution < 1.29 is 24.5 Å². The van der Waals surface area contributed by atoms with Gasteiger partial charge in [-0.1, -0.05) is 13.3 Å². The highest BCUT2D eigenvalue weighted by Crippen LogP contribution is 2.21. The van der Waals surface area contributed by atoms with Gasteiger partial charge in [-0.2, -0.15) is 0 Å². The van der Waals surface area contributed by atoms with Crippen molar-refractivity contribution in [2.45, 2.75) is 44.5 Å². The molecule has 0 amide bonds. The number of aliphatic hydroxyl groups is 2. The smallest absolute Gasteiger partial charge is 0.334 e. The topological polar surface area (TPSA) is 76.0 Å². The van der Waals surface area contributed by atoms with E-state index < -0.39 is 24.3 Å². The third kappa shape index (κ3) is 3.21. The van der Waals surface area contributed by atoms with Crippen LogP contribution in [0.2, 0.25) is 0 Å². The number of rotatable bonds is 5. The largest absolute Gasteiger partial charge is 0.501 e. The zero-order valence-electron chi connectivity index (χ0n) is 9.55. The molecule has 3 atom stereocenters. The lowest BCUT2D eigenvalue weighted by molar-refractivity contribution is -0.157. The molecule has 0 aromatic carbocycles. The van der Waals surface area contributed by atoms with Gasteiger partial charge in [-0.3, -0.25) is 0 Å². The molecule has 1 rings (SSSR count). The Morgan fingerprint density at radius 3 is 2.88 bits per heavy atom. The summed E-state index contributed by atoms with van der Waals surface area (Å²) in [6, 6.07) is 0. The third-order valence-corrected chi connectivity index (χ3v) is 2.57. The Hall–Kier alpha value is -1.07. The van der Waals surface area contributed by atoms with Gasteiger partial charge in [0.1, 0.15) is 18.0 Å². The minimum atomic E-state index is -1.07. The molecule has 0 aromatic heterocycles. The molecule has 5 nitrogen and oxygen atoms in total. The molecule has 0 fully saturated rings. The summed E-state index contributed by atoms with van der Waals surface area (Å²) in [4.78, 5) is 11.2. The number of esters is 1. The molecule has 2 N–H and O–H groups in total. The monoisotopic (exact) mass is 230 g/mol. The Labute approximate surface area is 94.7 Å². The number of hydrogen-bond donors (Lipinski definition) is 2. The minimum Gasteiger partial charge on any atom is -0.501 e. The summed E-state index contributed by atoms with van der Waals surface area (Å²) in [5, 5.41) is 19.4. The average Bonchev–Trinajstić information content (AvgIpc) is 2.27. The number of ether oxygens (including phenoxy) is 2. The lowest BCUT2D eigenvalue weighted by Crippen LogP contribution is -2.41. The first kappa shape index (κ1) is 13.0. The molecular weight excluding hydrogens is 212 g/mol. The van der Waals surface area contributed by atoms with Crippen molar-refractivity contribution in [2.75, 3.05) is 7.11 Å². The predicted molar refractivity (Wildman–Crippen MR) is 56.5 cm³/mol. The van der Waals surface area contributed by atoms with Crippen molar-refractivity contribution in [1.29, 1.82) is 0 Å². The molecule has 0 radical (unpaired) electrons. The number of methoxy groups -OCH3 is 1. The highest BCUT2D eigenvalue weighted by atomic mass is 16.6. The van der Waals surface area contributed by atoms with Crippen LogP contribution in [0.5, 0.6) is 0 Å². The Kier molecular flexibility index (Phi) is 4.76. The van der Waals surface area contributed by atoms with Crippen LogP contribution >= 0.6 is 0 Å². The van der Waals surface area contributed by atoms with Gasteiger partial charge in [0.25, 0.3) is 0 Å². The van der Waals surface area contributed by atoms with E-state index in [4.69, 9.17) is 9.47 Å². The SMILES string of the molecule is CCC[C@@H](O)[C@H](O)[C@H]1CC(OC)=CC(=O)O1. The van der Waals surface area contributed by atoms with Crippen LogP contribution in [0.1, 0.15) is 26.2 Å². The van der Waals surface area contributed by atoms with Crippen LogP contribution in [-0.2, 0) is 14.3 Å². The molecule has 0 saturated heterocycles. The van der Waals surface area contributed by atoms with Gasteiger partial charge in [-0.15, -0.1) is 0 Å². The second kappa shape index (κ2) is 5.86. The van der Waals surface area contributed by atoms with Gasteiger partial charge < -0.3 is 19.7 Å². The van der Waals surface area contributed by atoms with Gasteiger partial charge in [0, 0.05) is 6.42 Å². The third-order valence-electron chi connectivity index (χ3n) is 2.57. The Morgan fingerprint density at radius 2 is 2.31 bits per heavy atom. The summed E-state index contributed by atoms with van der Waals surface area (Å²) in [6.07, 6.45) is 0.1000. The van der Waals surface area contributed by atoms with Crippen molar-refractivity contribution in [3.8, 4) is 0 Å². The molecule has 5 heteroatoms. The van der Waals surface area contributed by atoms with Gasteiger partial charge in [0.05, 0.1) is 19.3 Å². The highest BCUT2D eigenvalue weighted by molar-refractivity contribution is 5.83. The molecule has 16 heavy (non-hydrogen) atoms. The van der Waals surface area contributed by atoms with Crippen LogP contribution in [0.4, 0.5) is 0 Å². The second-order valence-corrected chi connectivity index (χ2v) is 3.84. The number of carbonyl (C=O) groups is 1. The standard InChI is InChI=1S/C11H18O5/c1-3-4-8(12)11(14)9-5-7(15-2)6-10(13)16-9/h6,8-9,11-12,14H,3-5H2,1-2H3/t8-,9-,11+/m1/s1. The van der Waals surface area contributed by atoms with E-state index in [9.17, 15) is 15.0 Å². The summed E-state index contributed by atoms with van der Waals surface area (Å²) in [6.45, 7) is 1.91. The van der Waals surface area contributed by atoms with Crippen LogP contribution in [-0.4, -0.2) is 41.6 Å². The fraction of sp³-hybridized carbons (Fsp3) is 0.727. The van der Waals surface area contributed by atoms with Crippen LogP contribution in [0.3, 0.4) is 0 Å². The van der Waals surface area contributed by atoms with Crippen molar-refractivity contribution >= 4 is 5.97 Å². The number of cyclic esters (lactones) is 1. The lowest BCUT2D eigenvalue weighted by Gasteiger charge is -2.29. The summed E-state index contributed by atoms with van der Waals surface area (Å²) in [5.41, 5.74) is 0. The van der Waals surface area contributed by atoms with Gasteiger partial charge in [0.2, 0.25) is 0 Å². The zero-order chi connectivity index (χ0) is 12.1. The van der Waals surface area contributed by atoms with Crippen molar-refractivity contribution in [3.05, 3.63) is 11.8 Å². The normalized spacial score (nSPS) is 24.4. The molecule has 0 aliphatic carbocycles. The Morgan fingerprint density at radius 1 is 1.62 bits per heavy atom. The van der Waals surface area contributed by atoms with E-state index in [-0.39, 0.29) is 0 Å². The number of aliphatic hydroxyl groups excluding tert-OH is 2. The molecule has 0 bridgehead atoms. The van der Waals surface area contributed by atoms with Crippen molar-refractivity contribution in [1.82, 2.24) is 0 Å². The first-order valence-electron chi connectivity index (χ1n) is 5.39. The van der Waals surface area contributed by atoms with E-state index in [1.54, 1.807) is 0 Å². The maximum Gasteiger partial charge on any atom is 0.334 e. The van der Waals surface area contributed by atoms with E-state index >= 15 is 0 Å². The average molecular weight is 230 g/mol. The molecule has 1 heterocycles. The van der Waals surface area contributed by atoms with Crippen molar-refractivity contribution in [2.24, 2.45) is 0 Å². The Balaban J connectivity index is 2.61. The lowest BCUT2D eigenvalue weighted by atomic mass is 9.99. The van der Waals surface area contributed by atoms with E-state index in [0.717, 1.165) is 6.42 Å². The molecule has 92 valence electrons. The van der Waals surface area contributed by atoms with Crippen LogP contribution < -0.4 is 0 Å². The molecule has 0 unspecified atom stereocenters. The van der Waals surface area contributed by atoms with Gasteiger partial charge in [-0.05, 0) is 6.42 Å². The van der Waals surface area contributed by atoms with E-state index in [2.05, 4.69) is 0 Å². The molecule has 0 aromatic rings. The van der Waals surface area contributed by atoms with Gasteiger partial charge in [-0.25, -0.2) is 4.79 Å². The van der Waals surface area contributed by atoms with E-state index in [0.29, 0.717) is 18.6 Å². The first-order chi connectivity index (χ1) is 7.58.